The molecule has 0 radical (unpaired) electrons. The smallest absolute Gasteiger partial charge is 0.338 e. The van der Waals surface area contributed by atoms with Crippen molar-refractivity contribution in [1.82, 2.24) is 0 Å². The molecule has 94 valence electrons. The predicted molar refractivity (Wildman–Crippen MR) is 69.7 cm³/mol. The minimum absolute atomic E-state index is 0.361. The SMILES string of the molecule is CCCCCCOC(=O)c1cc(N)cc(N)c1. The van der Waals surface area contributed by atoms with Crippen LogP contribution in [0.15, 0.2) is 18.2 Å². The van der Waals surface area contributed by atoms with Crippen molar-refractivity contribution in [2.75, 3.05) is 18.1 Å². The molecular formula is C13H20N2O2. The molecule has 0 saturated heterocycles. The minimum atomic E-state index is -0.361. The van der Waals surface area contributed by atoms with Gasteiger partial charge in [-0.05, 0) is 24.6 Å². The highest BCUT2D eigenvalue weighted by atomic mass is 16.5. The third kappa shape index (κ3) is 4.76. The average molecular weight is 236 g/mol. The van der Waals surface area contributed by atoms with Gasteiger partial charge in [-0.2, -0.15) is 0 Å². The van der Waals surface area contributed by atoms with Crippen LogP contribution in [0.25, 0.3) is 0 Å². The van der Waals surface area contributed by atoms with Gasteiger partial charge in [-0.3, -0.25) is 0 Å². The third-order valence-electron chi connectivity index (χ3n) is 2.44. The van der Waals surface area contributed by atoms with Crippen LogP contribution in [0.1, 0.15) is 43.0 Å². The topological polar surface area (TPSA) is 78.3 Å². The molecule has 4 nitrogen and oxygen atoms in total. The first kappa shape index (κ1) is 13.4. The van der Waals surface area contributed by atoms with Gasteiger partial charge in [-0.1, -0.05) is 26.2 Å². The molecule has 17 heavy (non-hydrogen) atoms. The summed E-state index contributed by atoms with van der Waals surface area (Å²) in [6, 6.07) is 4.76. The van der Waals surface area contributed by atoms with E-state index in [1.54, 1.807) is 18.2 Å². The van der Waals surface area contributed by atoms with Gasteiger partial charge in [-0.15, -0.1) is 0 Å². The fraction of sp³-hybridized carbons (Fsp3) is 0.462. The number of unbranched alkanes of at least 4 members (excludes halogenated alkanes) is 3. The fourth-order valence-electron chi connectivity index (χ4n) is 1.57. The molecular weight excluding hydrogens is 216 g/mol. The summed E-state index contributed by atoms with van der Waals surface area (Å²) in [4.78, 5) is 11.6. The zero-order valence-electron chi connectivity index (χ0n) is 10.2. The Morgan fingerprint density at radius 3 is 2.35 bits per heavy atom. The normalized spacial score (nSPS) is 10.2. The van der Waals surface area contributed by atoms with Crippen LogP contribution in [-0.4, -0.2) is 12.6 Å². The summed E-state index contributed by atoms with van der Waals surface area (Å²) in [7, 11) is 0. The number of benzene rings is 1. The van der Waals surface area contributed by atoms with Crippen LogP contribution in [0.2, 0.25) is 0 Å². The Bertz CT molecular complexity index is 357. The number of esters is 1. The Kier molecular flexibility index (Phi) is 5.33. The second kappa shape index (κ2) is 6.78. The van der Waals surface area contributed by atoms with E-state index in [1.807, 2.05) is 0 Å². The summed E-state index contributed by atoms with van der Waals surface area (Å²) >= 11 is 0. The molecule has 0 aliphatic heterocycles. The first-order valence-electron chi connectivity index (χ1n) is 5.96. The molecule has 1 aromatic carbocycles. The number of hydrogen-bond acceptors (Lipinski definition) is 4. The molecule has 0 spiro atoms. The van der Waals surface area contributed by atoms with Crippen molar-refractivity contribution in [2.24, 2.45) is 0 Å². The highest BCUT2D eigenvalue weighted by Gasteiger charge is 2.08. The first-order chi connectivity index (χ1) is 8.13. The van der Waals surface area contributed by atoms with Gasteiger partial charge in [-0.25, -0.2) is 4.79 Å². The number of hydrogen-bond donors (Lipinski definition) is 2. The van der Waals surface area contributed by atoms with Gasteiger partial charge < -0.3 is 16.2 Å². The van der Waals surface area contributed by atoms with Crippen molar-refractivity contribution in [1.29, 1.82) is 0 Å². The van der Waals surface area contributed by atoms with Crippen LogP contribution >= 0.6 is 0 Å². The molecule has 0 fully saturated rings. The molecule has 0 bridgehead atoms. The first-order valence-corrected chi connectivity index (χ1v) is 5.96. The number of carbonyl (C=O) groups excluding carboxylic acids is 1. The Morgan fingerprint density at radius 1 is 1.12 bits per heavy atom. The van der Waals surface area contributed by atoms with Gasteiger partial charge >= 0.3 is 5.97 Å². The van der Waals surface area contributed by atoms with Crippen molar-refractivity contribution in [3.8, 4) is 0 Å². The lowest BCUT2D eigenvalue weighted by molar-refractivity contribution is 0.0498. The van der Waals surface area contributed by atoms with Gasteiger partial charge in [0.1, 0.15) is 0 Å². The number of carbonyl (C=O) groups is 1. The second-order valence-corrected chi connectivity index (χ2v) is 4.08. The number of nitrogens with two attached hydrogens (primary N) is 2. The Labute approximate surface area is 102 Å². The lowest BCUT2D eigenvalue weighted by Gasteiger charge is -2.06. The zero-order chi connectivity index (χ0) is 12.7. The van der Waals surface area contributed by atoms with E-state index >= 15 is 0 Å². The molecule has 1 aromatic rings. The number of nitrogen functional groups attached to an aromatic ring is 2. The summed E-state index contributed by atoms with van der Waals surface area (Å²) in [5.74, 6) is -0.361. The van der Waals surface area contributed by atoms with Crippen LogP contribution in [0.5, 0.6) is 0 Å². The summed E-state index contributed by atoms with van der Waals surface area (Å²) in [5, 5.41) is 0. The van der Waals surface area contributed by atoms with E-state index in [2.05, 4.69) is 6.92 Å². The number of anilines is 2. The molecule has 0 aliphatic rings. The van der Waals surface area contributed by atoms with E-state index < -0.39 is 0 Å². The number of rotatable bonds is 6. The monoisotopic (exact) mass is 236 g/mol. The van der Waals surface area contributed by atoms with Crippen molar-refractivity contribution in [3.05, 3.63) is 23.8 Å². The van der Waals surface area contributed by atoms with E-state index in [1.165, 1.54) is 12.8 Å². The summed E-state index contributed by atoms with van der Waals surface area (Å²) < 4.78 is 5.13. The van der Waals surface area contributed by atoms with Gasteiger partial charge in [0.2, 0.25) is 0 Å². The van der Waals surface area contributed by atoms with Gasteiger partial charge in [0.15, 0.2) is 0 Å². The predicted octanol–water partition coefficient (Wildman–Crippen LogP) is 2.59. The molecule has 0 saturated carbocycles. The molecule has 4 heteroatoms. The fourth-order valence-corrected chi connectivity index (χ4v) is 1.57. The molecule has 1 rings (SSSR count). The molecule has 0 aromatic heterocycles. The average Bonchev–Trinajstić information content (AvgIpc) is 2.27. The van der Waals surface area contributed by atoms with E-state index in [4.69, 9.17) is 16.2 Å². The van der Waals surface area contributed by atoms with Crippen LogP contribution in [-0.2, 0) is 4.74 Å². The molecule has 0 amide bonds. The largest absolute Gasteiger partial charge is 0.462 e. The van der Waals surface area contributed by atoms with E-state index in [0.29, 0.717) is 23.5 Å². The van der Waals surface area contributed by atoms with E-state index in [0.717, 1.165) is 12.8 Å². The Balaban J connectivity index is 2.41. The Morgan fingerprint density at radius 2 is 1.76 bits per heavy atom. The maximum Gasteiger partial charge on any atom is 0.338 e. The minimum Gasteiger partial charge on any atom is -0.462 e. The van der Waals surface area contributed by atoms with Crippen molar-refractivity contribution in [2.45, 2.75) is 32.6 Å². The number of ether oxygens (including phenoxy) is 1. The van der Waals surface area contributed by atoms with Gasteiger partial charge in [0, 0.05) is 11.4 Å². The molecule has 4 N–H and O–H groups in total. The zero-order valence-corrected chi connectivity index (χ0v) is 10.2. The maximum absolute atomic E-state index is 11.6. The van der Waals surface area contributed by atoms with Crippen molar-refractivity contribution >= 4 is 17.3 Å². The maximum atomic E-state index is 11.6. The molecule has 0 unspecified atom stereocenters. The standard InChI is InChI=1S/C13H20N2O2/c1-2-3-4-5-6-17-13(16)10-7-11(14)9-12(15)8-10/h7-9H,2-6,14-15H2,1H3. The van der Waals surface area contributed by atoms with Crippen molar-refractivity contribution < 1.29 is 9.53 Å². The molecule has 0 atom stereocenters. The lowest BCUT2D eigenvalue weighted by Crippen LogP contribution is -2.07. The third-order valence-corrected chi connectivity index (χ3v) is 2.44. The summed E-state index contributed by atoms with van der Waals surface area (Å²) in [5.41, 5.74) is 12.6. The summed E-state index contributed by atoms with van der Waals surface area (Å²) in [6.45, 7) is 2.59. The second-order valence-electron chi connectivity index (χ2n) is 4.08. The van der Waals surface area contributed by atoms with Crippen LogP contribution in [0.3, 0.4) is 0 Å². The van der Waals surface area contributed by atoms with Gasteiger partial charge in [0.25, 0.3) is 0 Å². The molecule has 0 heterocycles. The lowest BCUT2D eigenvalue weighted by atomic mass is 10.2. The highest BCUT2D eigenvalue weighted by molar-refractivity contribution is 5.91. The van der Waals surface area contributed by atoms with E-state index in [-0.39, 0.29) is 5.97 Å². The van der Waals surface area contributed by atoms with Gasteiger partial charge in [0.05, 0.1) is 12.2 Å². The quantitative estimate of drug-likeness (QED) is 0.452. The van der Waals surface area contributed by atoms with E-state index in [9.17, 15) is 4.79 Å². The Hall–Kier alpha value is -1.71. The van der Waals surface area contributed by atoms with Crippen LogP contribution in [0.4, 0.5) is 11.4 Å². The highest BCUT2D eigenvalue weighted by Crippen LogP contribution is 2.14. The van der Waals surface area contributed by atoms with Crippen molar-refractivity contribution in [3.63, 3.8) is 0 Å². The van der Waals surface area contributed by atoms with Crippen LogP contribution < -0.4 is 11.5 Å². The van der Waals surface area contributed by atoms with Crippen LogP contribution in [0, 0.1) is 0 Å². The molecule has 0 aliphatic carbocycles. The summed E-state index contributed by atoms with van der Waals surface area (Å²) in [6.07, 6.45) is 4.32.